The van der Waals surface area contributed by atoms with Crippen LogP contribution in [0, 0.1) is 6.92 Å². The Balaban J connectivity index is 1.70. The standard InChI is InChI=1S/C13H15BrN2S2/c1-8-15-6-9(17-8)7-16-11-3-2-4-12-10(11)5-13(14)18-12/h5-6,11,16H,2-4,7H2,1H3. The fourth-order valence-corrected chi connectivity index (χ4v) is 5.01. The number of nitrogens with one attached hydrogen (secondary N) is 1. The van der Waals surface area contributed by atoms with E-state index >= 15 is 0 Å². The van der Waals surface area contributed by atoms with E-state index in [9.17, 15) is 0 Å². The minimum absolute atomic E-state index is 0.513. The summed E-state index contributed by atoms with van der Waals surface area (Å²) in [7, 11) is 0. The topological polar surface area (TPSA) is 24.9 Å². The van der Waals surface area contributed by atoms with Gasteiger partial charge in [-0.05, 0) is 53.7 Å². The number of aryl methyl sites for hydroxylation is 2. The first kappa shape index (κ1) is 12.8. The van der Waals surface area contributed by atoms with Crippen molar-refractivity contribution in [2.24, 2.45) is 0 Å². The largest absolute Gasteiger partial charge is 0.305 e. The first-order valence-electron chi connectivity index (χ1n) is 6.15. The Morgan fingerprint density at radius 2 is 2.39 bits per heavy atom. The zero-order valence-corrected chi connectivity index (χ0v) is 13.4. The van der Waals surface area contributed by atoms with Gasteiger partial charge in [0.1, 0.15) is 0 Å². The van der Waals surface area contributed by atoms with Crippen LogP contribution in [0.1, 0.15) is 39.2 Å². The van der Waals surface area contributed by atoms with Crippen molar-refractivity contribution >= 4 is 38.6 Å². The number of fused-ring (bicyclic) bond motifs is 1. The molecule has 0 fully saturated rings. The van der Waals surface area contributed by atoms with Crippen LogP contribution in [0.5, 0.6) is 0 Å². The van der Waals surface area contributed by atoms with Crippen molar-refractivity contribution in [3.8, 4) is 0 Å². The molecule has 96 valence electrons. The lowest BCUT2D eigenvalue weighted by atomic mass is 9.94. The van der Waals surface area contributed by atoms with E-state index in [0.717, 1.165) is 11.6 Å². The number of thiophene rings is 1. The summed E-state index contributed by atoms with van der Waals surface area (Å²) < 4.78 is 1.26. The highest BCUT2D eigenvalue weighted by atomic mass is 79.9. The predicted octanol–water partition coefficient (Wildman–Crippen LogP) is 4.44. The third kappa shape index (κ3) is 2.69. The molecule has 1 aliphatic rings. The van der Waals surface area contributed by atoms with Crippen LogP contribution in [-0.4, -0.2) is 4.98 Å². The summed E-state index contributed by atoms with van der Waals surface area (Å²) in [4.78, 5) is 7.18. The van der Waals surface area contributed by atoms with E-state index in [0.29, 0.717) is 6.04 Å². The molecule has 0 aromatic carbocycles. The van der Waals surface area contributed by atoms with Crippen molar-refractivity contribution in [1.29, 1.82) is 0 Å². The van der Waals surface area contributed by atoms with Gasteiger partial charge in [0.05, 0.1) is 8.79 Å². The lowest BCUT2D eigenvalue weighted by molar-refractivity contribution is 0.465. The smallest absolute Gasteiger partial charge is 0.0897 e. The zero-order valence-electron chi connectivity index (χ0n) is 10.2. The van der Waals surface area contributed by atoms with Gasteiger partial charge in [-0.3, -0.25) is 0 Å². The van der Waals surface area contributed by atoms with E-state index in [1.165, 1.54) is 33.5 Å². The quantitative estimate of drug-likeness (QED) is 0.891. The number of nitrogens with zero attached hydrogens (tertiary/aromatic N) is 1. The van der Waals surface area contributed by atoms with Crippen molar-refractivity contribution in [3.63, 3.8) is 0 Å². The Bertz CT molecular complexity index is 547. The van der Waals surface area contributed by atoms with E-state index in [4.69, 9.17) is 0 Å². The maximum atomic E-state index is 4.30. The molecule has 5 heteroatoms. The molecule has 0 aliphatic heterocycles. The normalized spacial score (nSPS) is 18.9. The van der Waals surface area contributed by atoms with Gasteiger partial charge in [0.15, 0.2) is 0 Å². The Hall–Kier alpha value is -0.230. The fraction of sp³-hybridized carbons (Fsp3) is 0.462. The molecule has 3 rings (SSSR count). The maximum Gasteiger partial charge on any atom is 0.0897 e. The molecule has 1 aliphatic carbocycles. The molecule has 0 bridgehead atoms. The third-order valence-electron chi connectivity index (χ3n) is 3.28. The van der Waals surface area contributed by atoms with E-state index in [1.807, 2.05) is 17.5 Å². The number of thiazole rings is 1. The Kier molecular flexibility index (Phi) is 3.84. The average Bonchev–Trinajstić information content (AvgIpc) is 2.91. The molecule has 1 N–H and O–H groups in total. The zero-order chi connectivity index (χ0) is 12.5. The van der Waals surface area contributed by atoms with Crippen LogP contribution in [-0.2, 0) is 13.0 Å². The van der Waals surface area contributed by atoms with E-state index < -0.39 is 0 Å². The van der Waals surface area contributed by atoms with Gasteiger partial charge in [-0.2, -0.15) is 0 Å². The highest BCUT2D eigenvalue weighted by Gasteiger charge is 2.22. The molecule has 0 saturated carbocycles. The molecule has 1 atom stereocenters. The van der Waals surface area contributed by atoms with Crippen molar-refractivity contribution in [1.82, 2.24) is 10.3 Å². The van der Waals surface area contributed by atoms with Crippen LogP contribution in [0.4, 0.5) is 0 Å². The highest BCUT2D eigenvalue weighted by Crippen LogP contribution is 2.38. The average molecular weight is 343 g/mol. The van der Waals surface area contributed by atoms with E-state index in [2.05, 4.69) is 39.2 Å². The molecule has 0 radical (unpaired) electrons. The molecule has 18 heavy (non-hydrogen) atoms. The molecule has 0 amide bonds. The Labute approximate surface area is 124 Å². The van der Waals surface area contributed by atoms with Crippen LogP contribution in [0.2, 0.25) is 0 Å². The fourth-order valence-electron chi connectivity index (χ4n) is 2.44. The van der Waals surface area contributed by atoms with Crippen LogP contribution in [0.3, 0.4) is 0 Å². The van der Waals surface area contributed by atoms with Crippen LogP contribution in [0.15, 0.2) is 16.0 Å². The van der Waals surface area contributed by atoms with Crippen LogP contribution < -0.4 is 5.32 Å². The SMILES string of the molecule is Cc1ncc(CNC2CCCc3sc(Br)cc32)s1. The molecule has 1 unspecified atom stereocenters. The van der Waals surface area contributed by atoms with Gasteiger partial charge in [-0.25, -0.2) is 4.98 Å². The minimum atomic E-state index is 0.513. The van der Waals surface area contributed by atoms with Gasteiger partial charge in [-0.15, -0.1) is 22.7 Å². The highest BCUT2D eigenvalue weighted by molar-refractivity contribution is 9.11. The van der Waals surface area contributed by atoms with Crippen molar-refractivity contribution < 1.29 is 0 Å². The Morgan fingerprint density at radius 1 is 1.50 bits per heavy atom. The number of rotatable bonds is 3. The summed E-state index contributed by atoms with van der Waals surface area (Å²) in [5, 5.41) is 4.82. The number of hydrogen-bond acceptors (Lipinski definition) is 4. The summed E-state index contributed by atoms with van der Waals surface area (Å²) in [6.07, 6.45) is 5.76. The van der Waals surface area contributed by atoms with Gasteiger partial charge in [0.2, 0.25) is 0 Å². The lowest BCUT2D eigenvalue weighted by Gasteiger charge is -2.23. The minimum Gasteiger partial charge on any atom is -0.305 e. The summed E-state index contributed by atoms with van der Waals surface area (Å²) >= 11 is 7.27. The maximum absolute atomic E-state index is 4.30. The second-order valence-corrected chi connectivity index (χ2v) is 8.44. The van der Waals surface area contributed by atoms with Gasteiger partial charge >= 0.3 is 0 Å². The summed E-state index contributed by atoms with van der Waals surface area (Å²) in [5.41, 5.74) is 1.50. The van der Waals surface area contributed by atoms with Gasteiger partial charge in [-0.1, -0.05) is 0 Å². The molecule has 0 saturated heterocycles. The molecule has 2 aromatic rings. The summed E-state index contributed by atoms with van der Waals surface area (Å²) in [5.74, 6) is 0. The van der Waals surface area contributed by atoms with Crippen LogP contribution >= 0.6 is 38.6 Å². The molecule has 0 spiro atoms. The van der Waals surface area contributed by atoms with E-state index in [1.54, 1.807) is 16.2 Å². The molecular weight excluding hydrogens is 328 g/mol. The monoisotopic (exact) mass is 342 g/mol. The lowest BCUT2D eigenvalue weighted by Crippen LogP contribution is -2.23. The van der Waals surface area contributed by atoms with Crippen molar-refractivity contribution in [2.45, 2.75) is 38.8 Å². The number of aromatic nitrogens is 1. The second-order valence-electron chi connectivity index (χ2n) is 4.60. The number of halogens is 1. The molecule has 2 aromatic heterocycles. The molecular formula is C13H15BrN2S2. The molecule has 2 nitrogen and oxygen atoms in total. The van der Waals surface area contributed by atoms with Crippen molar-refractivity contribution in [3.05, 3.63) is 36.4 Å². The first-order chi connectivity index (χ1) is 8.72. The second kappa shape index (κ2) is 5.41. The van der Waals surface area contributed by atoms with Crippen LogP contribution in [0.25, 0.3) is 0 Å². The van der Waals surface area contributed by atoms with Crippen molar-refractivity contribution in [2.75, 3.05) is 0 Å². The van der Waals surface area contributed by atoms with Gasteiger partial charge < -0.3 is 5.32 Å². The van der Waals surface area contributed by atoms with Gasteiger partial charge in [0.25, 0.3) is 0 Å². The molecule has 2 heterocycles. The predicted molar refractivity (Wildman–Crippen MR) is 81.4 cm³/mol. The Morgan fingerprint density at radius 3 is 3.17 bits per heavy atom. The van der Waals surface area contributed by atoms with Gasteiger partial charge in [0, 0.05) is 28.5 Å². The summed E-state index contributed by atoms with van der Waals surface area (Å²) in [6, 6.07) is 2.80. The third-order valence-corrected chi connectivity index (χ3v) is 5.90. The van der Waals surface area contributed by atoms with E-state index in [-0.39, 0.29) is 0 Å². The first-order valence-corrected chi connectivity index (χ1v) is 8.58. The summed E-state index contributed by atoms with van der Waals surface area (Å²) in [6.45, 7) is 2.99. The number of hydrogen-bond donors (Lipinski definition) is 1.